The Balaban J connectivity index is 1.53. The Bertz CT molecular complexity index is 1220. The molecule has 0 N–H and O–H groups in total. The number of rotatable bonds is 5. The zero-order valence-electron chi connectivity index (χ0n) is 20.0. The predicted octanol–water partition coefficient (Wildman–Crippen LogP) is 6.61. The highest BCUT2D eigenvalue weighted by Crippen LogP contribution is 2.54. The van der Waals surface area contributed by atoms with Crippen LogP contribution in [0, 0.1) is 17.2 Å². The maximum Gasteiger partial charge on any atom is 0.230 e. The molecule has 3 aromatic rings. The summed E-state index contributed by atoms with van der Waals surface area (Å²) >= 11 is 0. The molecule has 0 saturated carbocycles. The summed E-state index contributed by atoms with van der Waals surface area (Å²) in [6, 6.07) is 23.3. The van der Waals surface area contributed by atoms with E-state index in [1.54, 1.807) is 6.07 Å². The van der Waals surface area contributed by atoms with Crippen molar-refractivity contribution in [3.63, 3.8) is 0 Å². The molecule has 3 atom stereocenters. The Hall–Kier alpha value is -3.40. The third kappa shape index (κ3) is 3.81. The van der Waals surface area contributed by atoms with Crippen LogP contribution in [0.5, 0.6) is 0 Å². The molecular formula is C30H31FN2O. The number of amides is 1. The molecule has 2 aliphatic rings. The third-order valence-electron chi connectivity index (χ3n) is 7.57. The van der Waals surface area contributed by atoms with Crippen molar-refractivity contribution >= 4 is 11.6 Å². The first kappa shape index (κ1) is 22.4. The lowest BCUT2D eigenvalue weighted by Crippen LogP contribution is -2.34. The summed E-state index contributed by atoms with van der Waals surface area (Å²) in [5.41, 5.74) is 4.07. The number of allylic oxidation sites excluding steroid dienone is 1. The minimum absolute atomic E-state index is 0.0443. The van der Waals surface area contributed by atoms with Gasteiger partial charge in [0.05, 0.1) is 11.5 Å². The zero-order chi connectivity index (χ0) is 23.9. The molecule has 0 aromatic heterocycles. The van der Waals surface area contributed by atoms with Gasteiger partial charge < -0.3 is 9.80 Å². The molecule has 1 aliphatic carbocycles. The van der Waals surface area contributed by atoms with Gasteiger partial charge in [0.25, 0.3) is 0 Å². The molecule has 1 aliphatic heterocycles. The Morgan fingerprint density at radius 3 is 2.38 bits per heavy atom. The lowest BCUT2D eigenvalue weighted by molar-refractivity contribution is -0.137. The number of hydrogen-bond acceptors (Lipinski definition) is 2. The quantitative estimate of drug-likeness (QED) is 0.405. The van der Waals surface area contributed by atoms with Crippen LogP contribution < -0.4 is 4.90 Å². The second-order valence-corrected chi connectivity index (χ2v) is 9.95. The van der Waals surface area contributed by atoms with E-state index in [0.29, 0.717) is 12.1 Å². The topological polar surface area (TPSA) is 23.6 Å². The summed E-state index contributed by atoms with van der Waals surface area (Å²) < 4.78 is 15.7. The van der Waals surface area contributed by atoms with Crippen LogP contribution in [-0.4, -0.2) is 24.9 Å². The molecule has 1 fully saturated rings. The van der Waals surface area contributed by atoms with E-state index in [4.69, 9.17) is 0 Å². The third-order valence-corrected chi connectivity index (χ3v) is 7.57. The fraction of sp³-hybridized carbons (Fsp3) is 0.300. The summed E-state index contributed by atoms with van der Waals surface area (Å²) in [6.07, 6.45) is 5.98. The second kappa shape index (κ2) is 8.75. The van der Waals surface area contributed by atoms with Crippen LogP contribution in [0.1, 0.15) is 36.9 Å². The lowest BCUT2D eigenvalue weighted by Gasteiger charge is -2.32. The van der Waals surface area contributed by atoms with Crippen molar-refractivity contribution in [2.24, 2.45) is 11.3 Å². The summed E-state index contributed by atoms with van der Waals surface area (Å²) in [5.74, 6) is -0.177. The van der Waals surface area contributed by atoms with Crippen LogP contribution in [0.4, 0.5) is 10.1 Å². The van der Waals surface area contributed by atoms with E-state index in [2.05, 4.69) is 19.1 Å². The zero-order valence-corrected chi connectivity index (χ0v) is 20.0. The largest absolute Gasteiger partial charge is 0.378 e. The highest BCUT2D eigenvalue weighted by Gasteiger charge is 2.56. The number of halogens is 1. The monoisotopic (exact) mass is 454 g/mol. The van der Waals surface area contributed by atoms with Crippen molar-refractivity contribution in [1.82, 2.24) is 4.90 Å². The molecule has 1 amide bonds. The minimum Gasteiger partial charge on any atom is -0.378 e. The van der Waals surface area contributed by atoms with Crippen LogP contribution in [0.15, 0.2) is 84.9 Å². The van der Waals surface area contributed by atoms with E-state index in [-0.39, 0.29) is 23.7 Å². The number of benzene rings is 3. The number of hydrogen-bond donors (Lipinski definition) is 0. The molecule has 3 aromatic carbocycles. The average molecular weight is 455 g/mol. The first-order chi connectivity index (χ1) is 16.4. The predicted molar refractivity (Wildman–Crippen MR) is 136 cm³/mol. The maximum absolute atomic E-state index is 15.7. The van der Waals surface area contributed by atoms with Crippen LogP contribution in [-0.2, 0) is 11.3 Å². The molecule has 0 unspecified atom stereocenters. The van der Waals surface area contributed by atoms with Crippen molar-refractivity contribution in [3.05, 3.63) is 102 Å². The number of carbonyl (C=O) groups is 1. The van der Waals surface area contributed by atoms with Gasteiger partial charge in [-0.15, -0.1) is 0 Å². The SMILES string of the molecule is CN(C)c1ccc(-c2ccc([C@H]3[C@@H]4C=CCC[C@@]4(C)C(=O)N3Cc3ccccc3)c(F)c2)cc1. The molecule has 174 valence electrons. The molecule has 34 heavy (non-hydrogen) atoms. The van der Waals surface area contributed by atoms with Crippen molar-refractivity contribution in [2.75, 3.05) is 19.0 Å². The molecule has 3 nitrogen and oxygen atoms in total. The van der Waals surface area contributed by atoms with E-state index in [1.807, 2.05) is 90.6 Å². The second-order valence-electron chi connectivity index (χ2n) is 9.95. The number of likely N-dealkylation sites (tertiary alicyclic amines) is 1. The van der Waals surface area contributed by atoms with Gasteiger partial charge in [0.15, 0.2) is 0 Å². The molecule has 0 bridgehead atoms. The number of carbonyl (C=O) groups excluding carboxylic acids is 1. The fourth-order valence-electron chi connectivity index (χ4n) is 5.57. The lowest BCUT2D eigenvalue weighted by atomic mass is 9.69. The van der Waals surface area contributed by atoms with Crippen molar-refractivity contribution in [2.45, 2.75) is 32.4 Å². The molecule has 1 heterocycles. The number of fused-ring (bicyclic) bond motifs is 1. The van der Waals surface area contributed by atoms with Gasteiger partial charge in [-0.1, -0.05) is 73.7 Å². The van der Waals surface area contributed by atoms with Gasteiger partial charge in [-0.3, -0.25) is 4.79 Å². The summed E-state index contributed by atoms with van der Waals surface area (Å²) in [5, 5.41) is 0. The van der Waals surface area contributed by atoms with Gasteiger partial charge in [-0.25, -0.2) is 4.39 Å². The Morgan fingerprint density at radius 2 is 1.71 bits per heavy atom. The summed E-state index contributed by atoms with van der Waals surface area (Å²) in [4.78, 5) is 17.6. The standard InChI is InChI=1S/C30H31FN2O/c1-30-18-8-7-11-26(30)28(33(29(30)34)20-21-9-5-4-6-10-21)25-17-14-23(19-27(25)31)22-12-15-24(16-13-22)32(2)3/h4-7,9-17,19,26,28H,8,18,20H2,1-3H3/t26-,28-,30+/m0/s1. The first-order valence-corrected chi connectivity index (χ1v) is 12.0. The Morgan fingerprint density at radius 1 is 1.00 bits per heavy atom. The van der Waals surface area contributed by atoms with Gasteiger partial charge in [0, 0.05) is 37.8 Å². The van der Waals surface area contributed by atoms with Gasteiger partial charge in [0.1, 0.15) is 5.82 Å². The molecule has 0 spiro atoms. The summed E-state index contributed by atoms with van der Waals surface area (Å²) in [7, 11) is 4.00. The molecule has 4 heteroatoms. The Kier molecular flexibility index (Phi) is 5.76. The van der Waals surface area contributed by atoms with Crippen LogP contribution in [0.25, 0.3) is 11.1 Å². The van der Waals surface area contributed by atoms with E-state index >= 15 is 4.39 Å². The first-order valence-electron chi connectivity index (χ1n) is 12.0. The maximum atomic E-state index is 15.7. The van der Waals surface area contributed by atoms with Crippen molar-refractivity contribution < 1.29 is 9.18 Å². The minimum atomic E-state index is -0.499. The molecule has 5 rings (SSSR count). The number of anilines is 1. The molecular weight excluding hydrogens is 423 g/mol. The molecule has 1 saturated heterocycles. The van der Waals surface area contributed by atoms with Crippen molar-refractivity contribution in [1.29, 1.82) is 0 Å². The van der Waals surface area contributed by atoms with Crippen molar-refractivity contribution in [3.8, 4) is 11.1 Å². The van der Waals surface area contributed by atoms with Gasteiger partial charge in [0.2, 0.25) is 5.91 Å². The highest BCUT2D eigenvalue weighted by atomic mass is 19.1. The number of nitrogens with zero attached hydrogens (tertiary/aromatic N) is 2. The van der Waals surface area contributed by atoms with E-state index < -0.39 is 5.41 Å². The van der Waals surface area contributed by atoms with E-state index in [9.17, 15) is 4.79 Å². The van der Waals surface area contributed by atoms with Gasteiger partial charge in [-0.2, -0.15) is 0 Å². The van der Waals surface area contributed by atoms with E-state index in [1.165, 1.54) is 0 Å². The average Bonchev–Trinajstić information content (AvgIpc) is 3.06. The van der Waals surface area contributed by atoms with Gasteiger partial charge in [-0.05, 0) is 47.7 Å². The highest BCUT2D eigenvalue weighted by molar-refractivity contribution is 5.86. The fourth-order valence-corrected chi connectivity index (χ4v) is 5.57. The Labute approximate surface area is 201 Å². The van der Waals surface area contributed by atoms with Crippen LogP contribution in [0.3, 0.4) is 0 Å². The van der Waals surface area contributed by atoms with Crippen LogP contribution in [0.2, 0.25) is 0 Å². The molecule has 0 radical (unpaired) electrons. The van der Waals surface area contributed by atoms with Crippen LogP contribution >= 0.6 is 0 Å². The smallest absolute Gasteiger partial charge is 0.230 e. The van der Waals surface area contributed by atoms with Gasteiger partial charge >= 0.3 is 0 Å². The normalized spacial score (nSPS) is 23.8. The summed E-state index contributed by atoms with van der Waals surface area (Å²) in [6.45, 7) is 2.54. The van der Waals surface area contributed by atoms with E-state index in [0.717, 1.165) is 35.2 Å².